The molecule has 3 aromatic rings. The lowest BCUT2D eigenvalue weighted by Crippen LogP contribution is -2.20. The average Bonchev–Trinajstić information content (AvgIpc) is 2.91. The Morgan fingerprint density at radius 3 is 2.79 bits per heavy atom. The molecule has 0 bridgehead atoms. The molecule has 0 N–H and O–H groups in total. The van der Waals surface area contributed by atoms with E-state index < -0.39 is 0 Å². The molecule has 2 aromatic heterocycles. The van der Waals surface area contributed by atoms with E-state index in [1.807, 2.05) is 36.5 Å². The molecule has 1 aliphatic rings. The number of carbonyl (C=O) groups is 1. The number of hydrogen-bond acceptors (Lipinski definition) is 4. The normalized spacial score (nSPS) is 17.2. The molecular formula is C19H19N3O2. The quantitative estimate of drug-likeness (QED) is 0.742. The number of nitrogens with zero attached hydrogens (tertiary/aromatic N) is 3. The van der Waals surface area contributed by atoms with Crippen molar-refractivity contribution in [2.24, 2.45) is 5.92 Å². The van der Waals surface area contributed by atoms with Crippen molar-refractivity contribution in [2.45, 2.75) is 26.4 Å². The van der Waals surface area contributed by atoms with Crippen LogP contribution in [0.15, 0.2) is 36.5 Å². The summed E-state index contributed by atoms with van der Waals surface area (Å²) in [5.41, 5.74) is 5.24. The van der Waals surface area contributed by atoms with Gasteiger partial charge < -0.3 is 4.74 Å². The van der Waals surface area contributed by atoms with Crippen LogP contribution in [0.25, 0.3) is 16.8 Å². The maximum absolute atomic E-state index is 12.3. The molecule has 2 heterocycles. The van der Waals surface area contributed by atoms with Crippen molar-refractivity contribution < 1.29 is 9.53 Å². The molecule has 5 nitrogen and oxygen atoms in total. The van der Waals surface area contributed by atoms with Gasteiger partial charge in [0, 0.05) is 19.7 Å². The topological polar surface area (TPSA) is 56.5 Å². The third kappa shape index (κ3) is 2.41. The summed E-state index contributed by atoms with van der Waals surface area (Å²) in [6, 6.07) is 10.1. The van der Waals surface area contributed by atoms with Gasteiger partial charge in [0.15, 0.2) is 11.4 Å². The fourth-order valence-electron chi connectivity index (χ4n) is 3.41. The third-order valence-corrected chi connectivity index (χ3v) is 4.48. The number of hydrogen-bond donors (Lipinski definition) is 0. The van der Waals surface area contributed by atoms with Crippen molar-refractivity contribution in [1.82, 2.24) is 14.6 Å². The van der Waals surface area contributed by atoms with Gasteiger partial charge in [-0.2, -0.15) is 5.10 Å². The lowest BCUT2D eigenvalue weighted by molar-refractivity contribution is 0.0951. The van der Waals surface area contributed by atoms with Gasteiger partial charge in [0.05, 0.1) is 29.1 Å². The Hall–Kier alpha value is -2.53. The van der Waals surface area contributed by atoms with E-state index in [1.165, 1.54) is 0 Å². The van der Waals surface area contributed by atoms with Crippen LogP contribution in [-0.2, 0) is 17.8 Å². The van der Waals surface area contributed by atoms with Crippen molar-refractivity contribution in [2.75, 3.05) is 7.11 Å². The largest absolute Gasteiger partial charge is 0.378 e. The van der Waals surface area contributed by atoms with Crippen LogP contribution in [-0.4, -0.2) is 27.5 Å². The summed E-state index contributed by atoms with van der Waals surface area (Å²) in [4.78, 5) is 17.1. The number of benzene rings is 1. The molecule has 0 saturated carbocycles. The van der Waals surface area contributed by atoms with Gasteiger partial charge in [-0.1, -0.05) is 37.3 Å². The van der Waals surface area contributed by atoms with Crippen LogP contribution in [0.2, 0.25) is 0 Å². The number of carbonyl (C=O) groups excluding carboxylic acids is 1. The van der Waals surface area contributed by atoms with E-state index in [1.54, 1.807) is 11.6 Å². The lowest BCUT2D eigenvalue weighted by Gasteiger charge is -2.19. The molecule has 1 aliphatic carbocycles. The van der Waals surface area contributed by atoms with E-state index in [0.717, 1.165) is 34.6 Å². The number of methoxy groups -OCH3 is 1. The van der Waals surface area contributed by atoms with E-state index in [9.17, 15) is 4.79 Å². The van der Waals surface area contributed by atoms with Crippen LogP contribution in [0, 0.1) is 5.92 Å². The second kappa shape index (κ2) is 5.83. The van der Waals surface area contributed by atoms with Crippen molar-refractivity contribution in [1.29, 1.82) is 0 Å². The maximum Gasteiger partial charge on any atom is 0.166 e. The highest BCUT2D eigenvalue weighted by atomic mass is 16.5. The third-order valence-electron chi connectivity index (χ3n) is 4.48. The molecule has 1 aromatic carbocycles. The number of rotatable bonds is 3. The smallest absolute Gasteiger partial charge is 0.166 e. The van der Waals surface area contributed by atoms with Crippen LogP contribution in [0.1, 0.15) is 35.1 Å². The summed E-state index contributed by atoms with van der Waals surface area (Å²) in [6.45, 7) is 2.50. The second-order valence-corrected chi connectivity index (χ2v) is 6.43. The number of ether oxygens (including phenoxy) is 1. The first-order chi connectivity index (χ1) is 11.7. The monoisotopic (exact) mass is 321 g/mol. The molecule has 5 heteroatoms. The number of ketones is 1. The maximum atomic E-state index is 12.3. The average molecular weight is 321 g/mol. The Morgan fingerprint density at radius 2 is 2.04 bits per heavy atom. The molecule has 0 radical (unpaired) electrons. The van der Waals surface area contributed by atoms with E-state index in [-0.39, 0.29) is 5.78 Å². The standard InChI is InChI=1S/C19H19N3O2/c1-12-8-15-14(17(23)9-12)10-22-19(20-15)18(16(21-22)11-24-2)13-6-4-3-5-7-13/h3-7,10,12H,8-9,11H2,1-2H3. The van der Waals surface area contributed by atoms with Crippen molar-refractivity contribution in [3.63, 3.8) is 0 Å². The minimum atomic E-state index is 0.156. The highest BCUT2D eigenvalue weighted by Gasteiger charge is 2.26. The first-order valence-electron chi connectivity index (χ1n) is 8.16. The summed E-state index contributed by atoms with van der Waals surface area (Å²) in [7, 11) is 1.66. The Kier molecular flexibility index (Phi) is 3.65. The molecule has 1 unspecified atom stereocenters. The Labute approximate surface area is 140 Å². The zero-order valence-electron chi connectivity index (χ0n) is 13.8. The summed E-state index contributed by atoms with van der Waals surface area (Å²) in [6.07, 6.45) is 3.24. The molecular weight excluding hydrogens is 302 g/mol. The van der Waals surface area contributed by atoms with Gasteiger partial charge in [-0.3, -0.25) is 4.79 Å². The van der Waals surface area contributed by atoms with Crippen molar-refractivity contribution >= 4 is 11.4 Å². The lowest BCUT2D eigenvalue weighted by atomic mass is 9.88. The first kappa shape index (κ1) is 15.0. The van der Waals surface area contributed by atoms with Crippen molar-refractivity contribution in [3.05, 3.63) is 53.5 Å². The summed E-state index contributed by atoms with van der Waals surface area (Å²) in [5, 5.41) is 4.62. The van der Waals surface area contributed by atoms with Gasteiger partial charge in [-0.05, 0) is 17.9 Å². The summed E-state index contributed by atoms with van der Waals surface area (Å²) >= 11 is 0. The van der Waals surface area contributed by atoms with Gasteiger partial charge in [-0.15, -0.1) is 0 Å². The number of fused-ring (bicyclic) bond motifs is 2. The van der Waals surface area contributed by atoms with Crippen LogP contribution >= 0.6 is 0 Å². The second-order valence-electron chi connectivity index (χ2n) is 6.43. The van der Waals surface area contributed by atoms with E-state index in [2.05, 4.69) is 12.0 Å². The summed E-state index contributed by atoms with van der Waals surface area (Å²) < 4.78 is 7.04. The Balaban J connectivity index is 1.98. The molecule has 0 amide bonds. The Bertz CT molecular complexity index is 915. The minimum absolute atomic E-state index is 0.156. The van der Waals surface area contributed by atoms with Gasteiger partial charge in [0.2, 0.25) is 0 Å². The Morgan fingerprint density at radius 1 is 1.25 bits per heavy atom. The van der Waals surface area contributed by atoms with Gasteiger partial charge in [-0.25, -0.2) is 9.50 Å². The molecule has 0 saturated heterocycles. The van der Waals surface area contributed by atoms with E-state index >= 15 is 0 Å². The van der Waals surface area contributed by atoms with Gasteiger partial charge in [0.25, 0.3) is 0 Å². The van der Waals surface area contributed by atoms with Crippen LogP contribution < -0.4 is 0 Å². The van der Waals surface area contributed by atoms with Crippen LogP contribution in [0.4, 0.5) is 0 Å². The molecule has 122 valence electrons. The van der Waals surface area contributed by atoms with Gasteiger partial charge >= 0.3 is 0 Å². The zero-order valence-corrected chi connectivity index (χ0v) is 13.8. The molecule has 1 atom stereocenters. The SMILES string of the molecule is COCc1nn2cc3c(nc2c1-c1ccccc1)CC(C)CC3=O. The van der Waals surface area contributed by atoms with Crippen LogP contribution in [0.3, 0.4) is 0 Å². The minimum Gasteiger partial charge on any atom is -0.378 e. The van der Waals surface area contributed by atoms with Crippen molar-refractivity contribution in [3.8, 4) is 11.1 Å². The fraction of sp³-hybridized carbons (Fsp3) is 0.316. The molecule has 0 spiro atoms. The van der Waals surface area contributed by atoms with E-state index in [4.69, 9.17) is 9.72 Å². The summed E-state index contributed by atoms with van der Waals surface area (Å²) in [5.74, 6) is 0.490. The predicted octanol–water partition coefficient (Wildman–Crippen LogP) is 3.31. The predicted molar refractivity (Wildman–Crippen MR) is 91.0 cm³/mol. The highest BCUT2D eigenvalue weighted by Crippen LogP contribution is 2.31. The molecule has 0 fully saturated rings. The zero-order chi connectivity index (χ0) is 16.7. The fourth-order valence-corrected chi connectivity index (χ4v) is 3.41. The molecule has 24 heavy (non-hydrogen) atoms. The number of Topliss-reactive ketones (excluding diaryl/α,β-unsaturated/α-hetero) is 1. The highest BCUT2D eigenvalue weighted by molar-refractivity contribution is 5.98. The number of aromatic nitrogens is 3. The van der Waals surface area contributed by atoms with Gasteiger partial charge in [0.1, 0.15) is 0 Å². The molecule has 0 aliphatic heterocycles. The van der Waals surface area contributed by atoms with E-state index in [0.29, 0.717) is 24.5 Å². The molecule has 4 rings (SSSR count). The first-order valence-corrected chi connectivity index (χ1v) is 8.16. The van der Waals surface area contributed by atoms with Crippen LogP contribution in [0.5, 0.6) is 0 Å².